The van der Waals surface area contributed by atoms with E-state index in [-0.39, 0.29) is 30.2 Å². The Balaban J connectivity index is 1.85. The number of nitrogens with one attached hydrogen (secondary N) is 1. The molecule has 0 atom stereocenters. The third-order valence-corrected chi connectivity index (χ3v) is 5.04. The summed E-state index contributed by atoms with van der Waals surface area (Å²) >= 11 is 0. The molecule has 0 fully saturated rings. The molecule has 0 radical (unpaired) electrons. The fourth-order valence-corrected chi connectivity index (χ4v) is 3.58. The van der Waals surface area contributed by atoms with Crippen LogP contribution < -0.4 is 5.32 Å². The molecule has 0 saturated heterocycles. The molecule has 152 valence electrons. The van der Waals surface area contributed by atoms with E-state index < -0.39 is 11.8 Å². The summed E-state index contributed by atoms with van der Waals surface area (Å²) in [5, 5.41) is 3.11. The Labute approximate surface area is 173 Å². The minimum Gasteiger partial charge on any atom is -0.472 e. The van der Waals surface area contributed by atoms with E-state index in [2.05, 4.69) is 5.32 Å². The van der Waals surface area contributed by atoms with Crippen LogP contribution >= 0.6 is 0 Å². The van der Waals surface area contributed by atoms with Crippen LogP contribution in [0.15, 0.2) is 65.1 Å². The Morgan fingerprint density at radius 1 is 1.10 bits per heavy atom. The molecule has 30 heavy (non-hydrogen) atoms. The smallest absolute Gasteiger partial charge is 0.278 e. The first kappa shape index (κ1) is 19.6. The van der Waals surface area contributed by atoms with Crippen LogP contribution in [0.1, 0.15) is 22.8 Å². The zero-order valence-electron chi connectivity index (χ0n) is 16.6. The summed E-state index contributed by atoms with van der Waals surface area (Å²) in [5.41, 5.74) is 3.36. The number of carbonyl (C=O) groups excluding carboxylic acids is 3. The minimum atomic E-state index is -0.458. The Kier molecular flexibility index (Phi) is 5.20. The van der Waals surface area contributed by atoms with Crippen LogP contribution in [0, 0.1) is 0 Å². The Morgan fingerprint density at radius 3 is 2.57 bits per heavy atom. The molecule has 0 bridgehead atoms. The summed E-state index contributed by atoms with van der Waals surface area (Å²) in [6, 6.07) is 12.4. The number of hydrogen-bond acceptors (Lipinski definition) is 6. The van der Waals surface area contributed by atoms with Crippen LogP contribution in [0.2, 0.25) is 0 Å². The number of hydrogen-bond donors (Lipinski definition) is 1. The second kappa shape index (κ2) is 7.96. The molecule has 2 aliphatic heterocycles. The fourth-order valence-electron chi connectivity index (χ4n) is 3.58. The van der Waals surface area contributed by atoms with Crippen LogP contribution in [0.5, 0.6) is 0 Å². The monoisotopic (exact) mass is 404 g/mol. The van der Waals surface area contributed by atoms with Gasteiger partial charge in [-0.15, -0.1) is 0 Å². The summed E-state index contributed by atoms with van der Waals surface area (Å²) in [4.78, 5) is 39.7. The number of ketones is 1. The molecule has 1 aliphatic carbocycles. The molecule has 7 nitrogen and oxygen atoms in total. The van der Waals surface area contributed by atoms with Gasteiger partial charge in [-0.1, -0.05) is 30.3 Å². The normalized spacial score (nSPS) is 14.1. The topological polar surface area (TPSA) is 88.8 Å². The standard InChI is InChI=1S/C23H20N2O5/c1-14(26)18-12-16-13-30-10-8-17(16)20(18)24-21-19(15-6-4-3-5-7-15)22(27)25(23(21)28)9-11-29-2/h3-8,10,12-13,24H,9,11H2,1-2H3. The number of Topliss-reactive ketones (excluding diaryl/α,β-unsaturated/α-hetero) is 1. The highest BCUT2D eigenvalue weighted by Crippen LogP contribution is 2.39. The third kappa shape index (κ3) is 3.29. The van der Waals surface area contributed by atoms with Crippen molar-refractivity contribution in [3.8, 4) is 11.1 Å². The van der Waals surface area contributed by atoms with Crippen molar-refractivity contribution in [1.82, 2.24) is 4.90 Å². The number of benzene rings is 1. The number of rotatable bonds is 7. The van der Waals surface area contributed by atoms with Gasteiger partial charge < -0.3 is 14.5 Å². The molecule has 7 heteroatoms. The number of fused-ring (bicyclic) bond motifs is 1. The van der Waals surface area contributed by atoms with E-state index in [0.29, 0.717) is 16.8 Å². The summed E-state index contributed by atoms with van der Waals surface area (Å²) < 4.78 is 10.3. The molecular formula is C23H20N2O5. The quantitative estimate of drug-likeness (QED) is 0.479. The molecule has 0 saturated carbocycles. The zero-order chi connectivity index (χ0) is 21.3. The number of amides is 2. The number of nitrogens with zero attached hydrogens (tertiary/aromatic N) is 1. The van der Waals surface area contributed by atoms with Gasteiger partial charge in [0.25, 0.3) is 11.8 Å². The number of anilines is 1. The number of imide groups is 1. The van der Waals surface area contributed by atoms with E-state index in [0.717, 1.165) is 16.0 Å². The van der Waals surface area contributed by atoms with Crippen molar-refractivity contribution < 1.29 is 23.5 Å². The lowest BCUT2D eigenvalue weighted by Crippen LogP contribution is -2.35. The summed E-state index contributed by atoms with van der Waals surface area (Å²) in [7, 11) is 1.51. The molecule has 3 aliphatic rings. The van der Waals surface area contributed by atoms with Crippen LogP contribution in [-0.4, -0.2) is 42.8 Å². The van der Waals surface area contributed by atoms with Gasteiger partial charge in [0.05, 0.1) is 36.9 Å². The van der Waals surface area contributed by atoms with Gasteiger partial charge in [-0.3, -0.25) is 19.3 Å². The number of ether oxygens (including phenoxy) is 1. The summed E-state index contributed by atoms with van der Waals surface area (Å²) in [6.07, 6.45) is 3.03. The fraction of sp³-hybridized carbons (Fsp3) is 0.174. The maximum atomic E-state index is 13.2. The molecule has 2 heterocycles. The van der Waals surface area contributed by atoms with E-state index in [1.807, 2.05) is 6.07 Å². The second-order valence-electron chi connectivity index (χ2n) is 6.91. The lowest BCUT2D eigenvalue weighted by atomic mass is 10.0. The Hall–Kier alpha value is -3.71. The first-order valence-corrected chi connectivity index (χ1v) is 9.44. The molecule has 0 spiro atoms. The van der Waals surface area contributed by atoms with Crippen molar-refractivity contribution >= 4 is 28.9 Å². The largest absolute Gasteiger partial charge is 0.472 e. The predicted molar refractivity (Wildman–Crippen MR) is 111 cm³/mol. The van der Waals surface area contributed by atoms with Crippen LogP contribution in [0.3, 0.4) is 0 Å². The van der Waals surface area contributed by atoms with Crippen molar-refractivity contribution in [2.45, 2.75) is 6.92 Å². The highest BCUT2D eigenvalue weighted by molar-refractivity contribution is 6.36. The molecule has 0 aromatic heterocycles. The zero-order valence-corrected chi connectivity index (χ0v) is 16.6. The minimum absolute atomic E-state index is 0.135. The maximum absolute atomic E-state index is 13.2. The van der Waals surface area contributed by atoms with Gasteiger partial charge in [-0.2, -0.15) is 0 Å². The summed E-state index contributed by atoms with van der Waals surface area (Å²) in [6.45, 7) is 1.82. The van der Waals surface area contributed by atoms with Crippen molar-refractivity contribution in [2.24, 2.45) is 0 Å². The van der Waals surface area contributed by atoms with Crippen molar-refractivity contribution in [3.63, 3.8) is 0 Å². The van der Waals surface area contributed by atoms with Gasteiger partial charge in [0.1, 0.15) is 5.70 Å². The first-order chi connectivity index (χ1) is 14.5. The number of methoxy groups -OCH3 is 1. The highest BCUT2D eigenvalue weighted by Gasteiger charge is 2.39. The van der Waals surface area contributed by atoms with E-state index in [1.165, 1.54) is 26.6 Å². The van der Waals surface area contributed by atoms with Gasteiger partial charge in [0.2, 0.25) is 0 Å². The molecule has 0 unspecified atom stereocenters. The SMILES string of the molecule is COCCN1C(=O)C(Nc2c(C(C)=O)cc3coccc2-3)=C(c2ccccc2)C1=O. The molecular weight excluding hydrogens is 384 g/mol. The van der Waals surface area contributed by atoms with E-state index in [1.54, 1.807) is 36.4 Å². The second-order valence-corrected chi connectivity index (χ2v) is 6.91. The third-order valence-electron chi connectivity index (χ3n) is 5.04. The van der Waals surface area contributed by atoms with Crippen molar-refractivity contribution in [2.75, 3.05) is 25.6 Å². The van der Waals surface area contributed by atoms with E-state index in [4.69, 9.17) is 9.15 Å². The average Bonchev–Trinajstić information content (AvgIpc) is 3.23. The average molecular weight is 404 g/mol. The lowest BCUT2D eigenvalue weighted by molar-refractivity contribution is -0.137. The first-order valence-electron chi connectivity index (χ1n) is 9.44. The maximum Gasteiger partial charge on any atom is 0.278 e. The molecule has 1 aromatic carbocycles. The Morgan fingerprint density at radius 2 is 1.87 bits per heavy atom. The number of carbonyl (C=O) groups is 3. The van der Waals surface area contributed by atoms with Gasteiger partial charge in [-0.05, 0) is 24.6 Å². The van der Waals surface area contributed by atoms with Crippen LogP contribution in [-0.2, 0) is 14.3 Å². The van der Waals surface area contributed by atoms with Gasteiger partial charge in [0, 0.05) is 23.8 Å². The van der Waals surface area contributed by atoms with Crippen LogP contribution in [0.25, 0.3) is 16.7 Å². The van der Waals surface area contributed by atoms with Gasteiger partial charge in [0.15, 0.2) is 5.78 Å². The molecule has 4 rings (SSSR count). The van der Waals surface area contributed by atoms with Crippen molar-refractivity contribution in [3.05, 3.63) is 71.8 Å². The van der Waals surface area contributed by atoms with Gasteiger partial charge in [-0.25, -0.2) is 0 Å². The molecule has 2 amide bonds. The lowest BCUT2D eigenvalue weighted by Gasteiger charge is -2.15. The van der Waals surface area contributed by atoms with E-state index >= 15 is 0 Å². The van der Waals surface area contributed by atoms with E-state index in [9.17, 15) is 14.4 Å². The predicted octanol–water partition coefficient (Wildman–Crippen LogP) is 3.43. The van der Waals surface area contributed by atoms with Crippen molar-refractivity contribution in [1.29, 1.82) is 0 Å². The Bertz CT molecular complexity index is 1130. The molecule has 1 aromatic rings. The molecule has 1 N–H and O–H groups in total. The summed E-state index contributed by atoms with van der Waals surface area (Å²) in [5.74, 6) is -1.02. The van der Waals surface area contributed by atoms with Gasteiger partial charge >= 0.3 is 0 Å². The van der Waals surface area contributed by atoms with Crippen LogP contribution in [0.4, 0.5) is 5.69 Å². The highest BCUT2D eigenvalue weighted by atomic mass is 16.5.